The van der Waals surface area contributed by atoms with Gasteiger partial charge < -0.3 is 10.2 Å². The van der Waals surface area contributed by atoms with Crippen molar-refractivity contribution in [3.8, 4) is 10.4 Å². The number of aromatic nitrogens is 3. The molecule has 1 aliphatic heterocycles. The minimum Gasteiger partial charge on any atom is -0.349 e. The van der Waals surface area contributed by atoms with Crippen molar-refractivity contribution in [2.75, 3.05) is 13.1 Å². The molecule has 33 heavy (non-hydrogen) atoms. The van der Waals surface area contributed by atoms with Gasteiger partial charge in [-0.25, -0.2) is 9.97 Å². The van der Waals surface area contributed by atoms with Gasteiger partial charge in [0.2, 0.25) is 0 Å². The second kappa shape index (κ2) is 7.78. The van der Waals surface area contributed by atoms with Crippen molar-refractivity contribution < 1.29 is 9.59 Å². The molecule has 1 aromatic carbocycles. The Hall–Kier alpha value is -3.04. The van der Waals surface area contributed by atoms with E-state index in [0.717, 1.165) is 38.9 Å². The minimum absolute atomic E-state index is 0.00953. The number of carbonyl (C=O) groups is 2. The average Bonchev–Trinajstić information content (AvgIpc) is 3.19. The van der Waals surface area contributed by atoms with Gasteiger partial charge in [-0.2, -0.15) is 0 Å². The molecule has 0 radical (unpaired) electrons. The normalized spacial score (nSPS) is 21.4. The number of hydrogen-bond donors (Lipinski definition) is 1. The van der Waals surface area contributed by atoms with Crippen molar-refractivity contribution in [3.05, 3.63) is 64.0 Å². The maximum absolute atomic E-state index is 13.7. The molecular formula is C24H23N5O2S2. The average molecular weight is 478 g/mol. The summed E-state index contributed by atoms with van der Waals surface area (Å²) in [4.78, 5) is 39.1. The number of nitrogens with zero attached hydrogens (tertiary/aromatic N) is 4. The zero-order valence-corrected chi connectivity index (χ0v) is 19.9. The van der Waals surface area contributed by atoms with Crippen molar-refractivity contribution in [1.82, 2.24) is 24.6 Å². The lowest BCUT2D eigenvalue weighted by atomic mass is 10.1. The number of likely N-dealkylation sites (tertiary alicyclic amines) is 1. The van der Waals surface area contributed by atoms with Crippen LogP contribution >= 0.6 is 22.7 Å². The lowest BCUT2D eigenvalue weighted by Crippen LogP contribution is -2.46. The first-order valence-corrected chi connectivity index (χ1v) is 12.7. The Kier molecular flexibility index (Phi) is 4.84. The van der Waals surface area contributed by atoms with Crippen molar-refractivity contribution in [3.63, 3.8) is 0 Å². The van der Waals surface area contributed by atoms with E-state index in [-0.39, 0.29) is 17.9 Å². The summed E-state index contributed by atoms with van der Waals surface area (Å²) in [6, 6.07) is 8.19. The summed E-state index contributed by atoms with van der Waals surface area (Å²) in [7, 11) is 0. The Morgan fingerprint density at radius 3 is 3.00 bits per heavy atom. The van der Waals surface area contributed by atoms with Gasteiger partial charge in [-0.15, -0.1) is 22.7 Å². The van der Waals surface area contributed by atoms with Gasteiger partial charge in [-0.1, -0.05) is 29.8 Å². The molecule has 4 aromatic rings. The van der Waals surface area contributed by atoms with Crippen LogP contribution in [-0.4, -0.2) is 50.2 Å². The van der Waals surface area contributed by atoms with E-state index in [4.69, 9.17) is 0 Å². The Morgan fingerprint density at radius 2 is 2.15 bits per heavy atom. The third-order valence-corrected chi connectivity index (χ3v) is 8.42. The second-order valence-corrected chi connectivity index (χ2v) is 10.9. The van der Waals surface area contributed by atoms with Crippen molar-refractivity contribution >= 4 is 39.4 Å². The highest BCUT2D eigenvalue weighted by Crippen LogP contribution is 2.50. The van der Waals surface area contributed by atoms with E-state index in [1.54, 1.807) is 21.9 Å². The first kappa shape index (κ1) is 20.6. The van der Waals surface area contributed by atoms with Crippen LogP contribution in [0.15, 0.2) is 42.0 Å². The number of rotatable bonds is 5. The van der Waals surface area contributed by atoms with Gasteiger partial charge in [0.15, 0.2) is 4.96 Å². The maximum Gasteiger partial charge on any atom is 0.274 e. The number of benzene rings is 1. The minimum atomic E-state index is -0.164. The molecule has 1 saturated heterocycles. The summed E-state index contributed by atoms with van der Waals surface area (Å²) in [6.45, 7) is 5.16. The molecule has 0 unspecified atom stereocenters. The highest BCUT2D eigenvalue weighted by Gasteiger charge is 2.54. The van der Waals surface area contributed by atoms with Crippen LogP contribution in [-0.2, 0) is 0 Å². The van der Waals surface area contributed by atoms with Gasteiger partial charge in [-0.05, 0) is 37.7 Å². The molecule has 4 heterocycles. The summed E-state index contributed by atoms with van der Waals surface area (Å²) in [5.74, 6) is 0.772. The molecule has 3 atom stereocenters. The van der Waals surface area contributed by atoms with E-state index in [1.807, 2.05) is 35.5 Å². The molecule has 1 saturated carbocycles. The molecule has 3 aromatic heterocycles. The summed E-state index contributed by atoms with van der Waals surface area (Å²) in [6.07, 6.45) is 4.57. The zero-order valence-electron chi connectivity index (χ0n) is 18.3. The number of piperidine rings is 1. The monoisotopic (exact) mass is 477 g/mol. The lowest BCUT2D eigenvalue weighted by Gasteiger charge is -2.27. The predicted octanol–water partition coefficient (Wildman–Crippen LogP) is 4.03. The first-order valence-electron chi connectivity index (χ1n) is 11.0. The molecule has 1 N–H and O–H groups in total. The van der Waals surface area contributed by atoms with Crippen LogP contribution in [0, 0.1) is 25.7 Å². The van der Waals surface area contributed by atoms with Crippen molar-refractivity contribution in [1.29, 1.82) is 0 Å². The van der Waals surface area contributed by atoms with E-state index in [9.17, 15) is 9.59 Å². The molecule has 2 fully saturated rings. The number of imidazole rings is 1. The van der Waals surface area contributed by atoms with Crippen molar-refractivity contribution in [2.45, 2.75) is 26.3 Å². The van der Waals surface area contributed by atoms with Crippen LogP contribution in [0.25, 0.3) is 15.4 Å². The third-order valence-electron chi connectivity index (χ3n) is 6.63. The standard InChI is InChI=1S/C24H23N5O2S2/c1-13-4-3-5-15(8-13)21-20(27-14(2)33-21)23(31)29-12-16-9-17(16)18(29)10-25-22(30)19-11-26-24-28(19)6-7-32-24/h3-8,11,16-18H,9-10,12H2,1-2H3,(H,25,30)/t16-,17-,18+/m0/s1. The predicted molar refractivity (Wildman–Crippen MR) is 129 cm³/mol. The van der Waals surface area contributed by atoms with Crippen LogP contribution in [0.1, 0.15) is 38.0 Å². The number of hydrogen-bond acceptors (Lipinski definition) is 6. The van der Waals surface area contributed by atoms with Gasteiger partial charge >= 0.3 is 0 Å². The lowest BCUT2D eigenvalue weighted by molar-refractivity contribution is 0.0690. The number of aryl methyl sites for hydroxylation is 2. The summed E-state index contributed by atoms with van der Waals surface area (Å²) >= 11 is 3.05. The fraction of sp³-hybridized carbons (Fsp3) is 0.333. The van der Waals surface area contributed by atoms with Gasteiger partial charge in [0, 0.05) is 24.7 Å². The van der Waals surface area contributed by atoms with Crippen LogP contribution in [0.3, 0.4) is 0 Å². The molecule has 0 bridgehead atoms. The largest absolute Gasteiger partial charge is 0.349 e. The smallest absolute Gasteiger partial charge is 0.274 e. The molecule has 9 heteroatoms. The van der Waals surface area contributed by atoms with Crippen LogP contribution in [0.5, 0.6) is 0 Å². The Bertz CT molecular complexity index is 1390. The van der Waals surface area contributed by atoms with E-state index >= 15 is 0 Å². The summed E-state index contributed by atoms with van der Waals surface area (Å²) < 4.78 is 1.80. The van der Waals surface area contributed by atoms with Crippen LogP contribution in [0.2, 0.25) is 0 Å². The quantitative estimate of drug-likeness (QED) is 0.471. The molecular weight excluding hydrogens is 454 g/mol. The fourth-order valence-corrected chi connectivity index (χ4v) is 6.54. The highest BCUT2D eigenvalue weighted by atomic mass is 32.1. The second-order valence-electron chi connectivity index (χ2n) is 8.87. The van der Waals surface area contributed by atoms with Crippen LogP contribution in [0.4, 0.5) is 0 Å². The van der Waals surface area contributed by atoms with E-state index in [1.165, 1.54) is 11.3 Å². The highest BCUT2D eigenvalue weighted by molar-refractivity contribution is 7.15. The fourth-order valence-electron chi connectivity index (χ4n) is 4.94. The Balaban J connectivity index is 1.23. The van der Waals surface area contributed by atoms with Gasteiger partial charge in [0.25, 0.3) is 11.8 Å². The number of fused-ring (bicyclic) bond motifs is 2. The molecule has 6 rings (SSSR count). The zero-order chi connectivity index (χ0) is 22.7. The van der Waals surface area contributed by atoms with E-state index in [2.05, 4.69) is 34.3 Å². The van der Waals surface area contributed by atoms with Crippen LogP contribution < -0.4 is 5.32 Å². The Morgan fingerprint density at radius 1 is 1.27 bits per heavy atom. The van der Waals surface area contributed by atoms with Gasteiger partial charge in [0.05, 0.1) is 22.1 Å². The number of nitrogens with one attached hydrogen (secondary N) is 1. The topological polar surface area (TPSA) is 79.6 Å². The third kappa shape index (κ3) is 3.55. The maximum atomic E-state index is 13.7. The van der Waals surface area contributed by atoms with Gasteiger partial charge in [0.1, 0.15) is 11.4 Å². The van der Waals surface area contributed by atoms with Gasteiger partial charge in [-0.3, -0.25) is 14.0 Å². The molecule has 7 nitrogen and oxygen atoms in total. The van der Waals surface area contributed by atoms with E-state index in [0.29, 0.717) is 29.8 Å². The molecule has 2 amide bonds. The first-order chi connectivity index (χ1) is 16.0. The number of amides is 2. The SMILES string of the molecule is Cc1cccc(-c2sc(C)nc2C(=O)N2C[C@@H]3C[C@@H]3[C@H]2CNC(=O)c2cnc3sccn23)c1. The number of carbonyl (C=O) groups excluding carboxylic acids is 2. The molecule has 1 aliphatic carbocycles. The Labute approximate surface area is 199 Å². The molecule has 168 valence electrons. The van der Waals surface area contributed by atoms with E-state index < -0.39 is 0 Å². The number of thiazole rings is 2. The molecule has 2 aliphatic rings. The summed E-state index contributed by atoms with van der Waals surface area (Å²) in [5, 5.41) is 5.84. The van der Waals surface area contributed by atoms with Crippen molar-refractivity contribution in [2.24, 2.45) is 11.8 Å². The summed E-state index contributed by atoms with van der Waals surface area (Å²) in [5.41, 5.74) is 3.22. The molecule has 0 spiro atoms.